The van der Waals surface area contributed by atoms with Gasteiger partial charge in [0.15, 0.2) is 0 Å². The first-order chi connectivity index (χ1) is 5.34. The van der Waals surface area contributed by atoms with Crippen molar-refractivity contribution in [3.05, 3.63) is 0 Å². The fourth-order valence-corrected chi connectivity index (χ4v) is 2.06. The second-order valence-corrected chi connectivity index (χ2v) is 3.91. The van der Waals surface area contributed by atoms with E-state index < -0.39 is 0 Å². The molecule has 0 radical (unpaired) electrons. The maximum atomic E-state index is 2.40. The molecular weight excluding hydrogens is 170 g/mol. The minimum Gasteiger partial charge on any atom is -1.00 e. The van der Waals surface area contributed by atoms with Crippen LogP contribution < -0.4 is 17.3 Å². The highest BCUT2D eigenvalue weighted by molar-refractivity contribution is 4.55. The van der Waals surface area contributed by atoms with E-state index in [2.05, 4.69) is 13.8 Å². The largest absolute Gasteiger partial charge is 1.00 e. The van der Waals surface area contributed by atoms with Gasteiger partial charge in [0, 0.05) is 12.8 Å². The van der Waals surface area contributed by atoms with Crippen LogP contribution >= 0.6 is 0 Å². The lowest BCUT2D eigenvalue weighted by atomic mass is 10.2. The first kappa shape index (κ1) is 12.2. The van der Waals surface area contributed by atoms with Crippen LogP contribution in [-0.4, -0.2) is 19.1 Å². The van der Waals surface area contributed by atoms with E-state index in [0.29, 0.717) is 0 Å². The number of likely N-dealkylation sites (tertiary alicyclic amines) is 1. The Morgan fingerprint density at radius 1 is 1.33 bits per heavy atom. The van der Waals surface area contributed by atoms with E-state index in [-0.39, 0.29) is 12.4 Å². The number of rotatable bonds is 4. The molecule has 0 aliphatic carbocycles. The van der Waals surface area contributed by atoms with Gasteiger partial charge >= 0.3 is 0 Å². The normalized spacial score (nSPS) is 28.5. The van der Waals surface area contributed by atoms with Crippen LogP contribution in [0.1, 0.15) is 46.0 Å². The molecule has 1 aliphatic rings. The summed E-state index contributed by atoms with van der Waals surface area (Å²) in [6.45, 7) is 7.54. The minimum atomic E-state index is 0. The monoisotopic (exact) mass is 191 g/mol. The predicted octanol–water partition coefficient (Wildman–Crippen LogP) is -1.75. The molecule has 0 saturated carbocycles. The molecule has 1 fully saturated rings. The quantitative estimate of drug-likeness (QED) is 0.503. The summed E-state index contributed by atoms with van der Waals surface area (Å²) < 4.78 is 0. The average Bonchev–Trinajstić information content (AvgIpc) is 2.37. The molecule has 0 spiro atoms. The third kappa shape index (κ3) is 3.77. The Morgan fingerprint density at radius 2 is 2.08 bits per heavy atom. The summed E-state index contributed by atoms with van der Waals surface area (Å²) >= 11 is 0. The van der Waals surface area contributed by atoms with Crippen molar-refractivity contribution in [2.24, 2.45) is 0 Å². The standard InChI is InChI=1S/C10H21N.ClH/c1-3-4-5-8-11-9-6-7-10(11)2;/h10H,3-9H2,1-2H3;1H. The Bertz CT molecular complexity index is 106. The van der Waals surface area contributed by atoms with Crippen LogP contribution in [0.25, 0.3) is 0 Å². The fraction of sp³-hybridized carbons (Fsp3) is 1.00. The molecule has 0 aromatic rings. The highest BCUT2D eigenvalue weighted by Crippen LogP contribution is 1.99. The number of quaternary nitrogens is 1. The number of hydrogen-bond donors (Lipinski definition) is 1. The lowest BCUT2D eigenvalue weighted by molar-refractivity contribution is -0.910. The number of unbranched alkanes of at least 4 members (excludes halogenated alkanes) is 2. The van der Waals surface area contributed by atoms with Crippen molar-refractivity contribution in [2.45, 2.75) is 52.0 Å². The van der Waals surface area contributed by atoms with Gasteiger partial charge in [-0.25, -0.2) is 0 Å². The van der Waals surface area contributed by atoms with Gasteiger partial charge in [0.2, 0.25) is 0 Å². The maximum Gasteiger partial charge on any atom is 0.0848 e. The maximum absolute atomic E-state index is 2.40. The van der Waals surface area contributed by atoms with Crippen LogP contribution in [0.4, 0.5) is 0 Å². The van der Waals surface area contributed by atoms with Crippen LogP contribution in [0.15, 0.2) is 0 Å². The summed E-state index contributed by atoms with van der Waals surface area (Å²) in [7, 11) is 0. The van der Waals surface area contributed by atoms with E-state index >= 15 is 0 Å². The van der Waals surface area contributed by atoms with E-state index in [1.54, 1.807) is 0 Å². The van der Waals surface area contributed by atoms with Crippen LogP contribution in [0.3, 0.4) is 0 Å². The van der Waals surface area contributed by atoms with E-state index in [9.17, 15) is 0 Å². The summed E-state index contributed by atoms with van der Waals surface area (Å²) in [6, 6.07) is 0.951. The molecule has 1 N–H and O–H groups in total. The molecule has 2 unspecified atom stereocenters. The SMILES string of the molecule is CCCCC[NH+]1CCCC1C.[Cl-]. The Kier molecular flexibility index (Phi) is 6.87. The van der Waals surface area contributed by atoms with Gasteiger partial charge in [-0.3, -0.25) is 0 Å². The van der Waals surface area contributed by atoms with Crippen molar-refractivity contribution in [1.82, 2.24) is 0 Å². The molecule has 1 saturated heterocycles. The smallest absolute Gasteiger partial charge is 0.0848 e. The zero-order chi connectivity index (χ0) is 8.10. The highest BCUT2D eigenvalue weighted by atomic mass is 35.5. The lowest BCUT2D eigenvalue weighted by Crippen LogP contribution is -3.13. The molecule has 0 amide bonds. The molecule has 1 heterocycles. The molecule has 0 aromatic carbocycles. The van der Waals surface area contributed by atoms with Crippen molar-refractivity contribution in [3.8, 4) is 0 Å². The molecule has 74 valence electrons. The van der Waals surface area contributed by atoms with Crippen molar-refractivity contribution < 1.29 is 17.3 Å². The van der Waals surface area contributed by atoms with Crippen molar-refractivity contribution >= 4 is 0 Å². The van der Waals surface area contributed by atoms with Gasteiger partial charge in [-0.05, 0) is 19.8 Å². The van der Waals surface area contributed by atoms with Gasteiger partial charge in [0.1, 0.15) is 0 Å². The van der Waals surface area contributed by atoms with E-state index in [1.165, 1.54) is 45.2 Å². The molecule has 2 atom stereocenters. The average molecular weight is 192 g/mol. The third-order valence-corrected chi connectivity index (χ3v) is 2.93. The molecule has 0 bridgehead atoms. The predicted molar refractivity (Wildman–Crippen MR) is 48.9 cm³/mol. The summed E-state index contributed by atoms with van der Waals surface area (Å²) in [5.74, 6) is 0. The molecular formula is C10H22ClN. The molecule has 12 heavy (non-hydrogen) atoms. The summed E-state index contributed by atoms with van der Waals surface area (Å²) in [5, 5.41) is 0. The first-order valence-corrected chi connectivity index (χ1v) is 5.19. The lowest BCUT2D eigenvalue weighted by Gasteiger charge is -2.17. The van der Waals surface area contributed by atoms with Gasteiger partial charge in [-0.1, -0.05) is 13.3 Å². The summed E-state index contributed by atoms with van der Waals surface area (Å²) in [5.41, 5.74) is 0. The minimum absolute atomic E-state index is 0. The van der Waals surface area contributed by atoms with Gasteiger partial charge in [0.25, 0.3) is 0 Å². The van der Waals surface area contributed by atoms with Crippen LogP contribution in [0, 0.1) is 0 Å². The molecule has 1 nitrogen and oxygen atoms in total. The second kappa shape index (κ2) is 6.73. The van der Waals surface area contributed by atoms with Crippen molar-refractivity contribution in [3.63, 3.8) is 0 Å². The molecule has 0 aromatic heterocycles. The Labute approximate surface area is 82.9 Å². The number of hydrogen-bond acceptors (Lipinski definition) is 0. The van der Waals surface area contributed by atoms with Gasteiger partial charge in [0.05, 0.1) is 19.1 Å². The fourth-order valence-electron chi connectivity index (χ4n) is 2.06. The van der Waals surface area contributed by atoms with Gasteiger partial charge in [-0.2, -0.15) is 0 Å². The topological polar surface area (TPSA) is 4.44 Å². The zero-order valence-corrected chi connectivity index (χ0v) is 9.16. The Balaban J connectivity index is 0.00000121. The molecule has 2 heteroatoms. The molecule has 1 rings (SSSR count). The van der Waals surface area contributed by atoms with Crippen molar-refractivity contribution in [1.29, 1.82) is 0 Å². The van der Waals surface area contributed by atoms with Crippen LogP contribution in [0.2, 0.25) is 0 Å². The molecule has 1 aliphatic heterocycles. The third-order valence-electron chi connectivity index (χ3n) is 2.93. The van der Waals surface area contributed by atoms with Crippen LogP contribution in [-0.2, 0) is 0 Å². The van der Waals surface area contributed by atoms with Crippen molar-refractivity contribution in [2.75, 3.05) is 13.1 Å². The van der Waals surface area contributed by atoms with E-state index in [0.717, 1.165) is 6.04 Å². The van der Waals surface area contributed by atoms with E-state index in [4.69, 9.17) is 0 Å². The number of halogens is 1. The zero-order valence-electron chi connectivity index (χ0n) is 8.41. The Hall–Kier alpha value is 0.250. The summed E-state index contributed by atoms with van der Waals surface area (Å²) in [4.78, 5) is 1.86. The van der Waals surface area contributed by atoms with Gasteiger partial charge in [-0.15, -0.1) is 0 Å². The van der Waals surface area contributed by atoms with E-state index in [1.807, 2.05) is 4.90 Å². The Morgan fingerprint density at radius 3 is 2.58 bits per heavy atom. The summed E-state index contributed by atoms with van der Waals surface area (Å²) in [6.07, 6.45) is 7.15. The van der Waals surface area contributed by atoms with Crippen LogP contribution in [0.5, 0.6) is 0 Å². The number of nitrogens with one attached hydrogen (secondary N) is 1. The highest BCUT2D eigenvalue weighted by Gasteiger charge is 2.22. The second-order valence-electron chi connectivity index (χ2n) is 3.91. The van der Waals surface area contributed by atoms with Gasteiger partial charge < -0.3 is 17.3 Å². The first-order valence-electron chi connectivity index (χ1n) is 5.19.